The molecule has 1 aliphatic rings. The summed E-state index contributed by atoms with van der Waals surface area (Å²) in [4.78, 5) is 14.2. The number of anilines is 1. The Kier molecular flexibility index (Phi) is 5.68. The van der Waals surface area contributed by atoms with Gasteiger partial charge in [0.2, 0.25) is 0 Å². The van der Waals surface area contributed by atoms with Gasteiger partial charge in [-0.05, 0) is 38.1 Å². The molecule has 116 valence electrons. The summed E-state index contributed by atoms with van der Waals surface area (Å²) >= 11 is 0. The molecule has 2 N–H and O–H groups in total. The largest absolute Gasteiger partial charge is 0.497 e. The van der Waals surface area contributed by atoms with Crippen LogP contribution in [0.1, 0.15) is 12.8 Å². The predicted molar refractivity (Wildman–Crippen MR) is 82.2 cm³/mol. The lowest BCUT2D eigenvalue weighted by molar-refractivity contribution is 0.249. The van der Waals surface area contributed by atoms with E-state index in [9.17, 15) is 4.79 Å². The van der Waals surface area contributed by atoms with Gasteiger partial charge < -0.3 is 25.0 Å². The molecule has 0 spiro atoms. The van der Waals surface area contributed by atoms with E-state index in [1.54, 1.807) is 32.4 Å². The quantitative estimate of drug-likeness (QED) is 0.841. The highest BCUT2D eigenvalue weighted by atomic mass is 16.5. The van der Waals surface area contributed by atoms with Crippen LogP contribution in [0.5, 0.6) is 11.5 Å². The number of carbonyl (C=O) groups is 1. The number of urea groups is 1. The van der Waals surface area contributed by atoms with Gasteiger partial charge in [-0.1, -0.05) is 0 Å². The monoisotopic (exact) mass is 293 g/mol. The van der Waals surface area contributed by atoms with E-state index in [-0.39, 0.29) is 6.03 Å². The van der Waals surface area contributed by atoms with Crippen LogP contribution >= 0.6 is 0 Å². The number of rotatable bonds is 6. The van der Waals surface area contributed by atoms with E-state index in [0.29, 0.717) is 23.7 Å². The van der Waals surface area contributed by atoms with Gasteiger partial charge in [0.25, 0.3) is 0 Å². The summed E-state index contributed by atoms with van der Waals surface area (Å²) in [5.74, 6) is 1.26. The molecule has 0 saturated carbocycles. The van der Waals surface area contributed by atoms with Gasteiger partial charge in [-0.2, -0.15) is 0 Å². The zero-order valence-corrected chi connectivity index (χ0v) is 12.6. The van der Waals surface area contributed by atoms with E-state index >= 15 is 0 Å². The zero-order chi connectivity index (χ0) is 15.1. The third-order valence-corrected chi connectivity index (χ3v) is 3.57. The Morgan fingerprint density at radius 1 is 1.24 bits per heavy atom. The fourth-order valence-electron chi connectivity index (χ4n) is 2.40. The molecule has 21 heavy (non-hydrogen) atoms. The maximum absolute atomic E-state index is 11.9. The Hall–Kier alpha value is -1.95. The maximum atomic E-state index is 11.9. The number of hydrogen-bond acceptors (Lipinski definition) is 4. The standard InChI is InChI=1S/C15H23N3O3/c1-20-12-5-6-13(14(11-12)21-2)17-15(19)16-7-10-18-8-3-4-9-18/h5-6,11H,3-4,7-10H2,1-2H3,(H2,16,17,19). The number of nitrogens with zero attached hydrogens (tertiary/aromatic N) is 1. The van der Waals surface area contributed by atoms with E-state index in [1.165, 1.54) is 12.8 Å². The van der Waals surface area contributed by atoms with Gasteiger partial charge in [-0.25, -0.2) is 4.79 Å². The molecule has 1 heterocycles. The van der Waals surface area contributed by atoms with Crippen LogP contribution in [-0.4, -0.2) is 51.3 Å². The molecular formula is C15H23N3O3. The first kappa shape index (κ1) is 15.4. The first-order valence-corrected chi connectivity index (χ1v) is 7.22. The SMILES string of the molecule is COc1ccc(NC(=O)NCCN2CCCC2)c(OC)c1. The van der Waals surface area contributed by atoms with Gasteiger partial charge in [0.1, 0.15) is 11.5 Å². The number of carbonyl (C=O) groups excluding carboxylic acids is 1. The third kappa shape index (κ3) is 4.53. The van der Waals surface area contributed by atoms with Crippen molar-refractivity contribution in [3.8, 4) is 11.5 Å². The van der Waals surface area contributed by atoms with Crippen LogP contribution < -0.4 is 20.1 Å². The average Bonchev–Trinajstić information content (AvgIpc) is 3.01. The lowest BCUT2D eigenvalue weighted by atomic mass is 10.2. The van der Waals surface area contributed by atoms with Crippen LogP contribution in [0.4, 0.5) is 10.5 Å². The van der Waals surface area contributed by atoms with Gasteiger partial charge in [0, 0.05) is 19.2 Å². The van der Waals surface area contributed by atoms with Crippen molar-refractivity contribution in [2.75, 3.05) is 45.7 Å². The molecule has 0 aliphatic carbocycles. The topological polar surface area (TPSA) is 62.8 Å². The summed E-state index contributed by atoms with van der Waals surface area (Å²) in [6, 6.07) is 5.05. The number of nitrogens with one attached hydrogen (secondary N) is 2. The molecule has 0 aromatic heterocycles. The number of hydrogen-bond donors (Lipinski definition) is 2. The minimum atomic E-state index is -0.224. The number of benzene rings is 1. The fourth-order valence-corrected chi connectivity index (χ4v) is 2.40. The molecule has 0 atom stereocenters. The van der Waals surface area contributed by atoms with Gasteiger partial charge in [-0.15, -0.1) is 0 Å². The molecule has 1 aliphatic heterocycles. The summed E-state index contributed by atoms with van der Waals surface area (Å²) in [7, 11) is 3.15. The molecule has 1 saturated heterocycles. The first-order chi connectivity index (χ1) is 10.2. The predicted octanol–water partition coefficient (Wildman–Crippen LogP) is 1.92. The maximum Gasteiger partial charge on any atom is 0.319 e. The summed E-state index contributed by atoms with van der Waals surface area (Å²) in [5, 5.41) is 5.65. The van der Waals surface area contributed by atoms with Gasteiger partial charge in [0.05, 0.1) is 19.9 Å². The van der Waals surface area contributed by atoms with E-state index in [0.717, 1.165) is 19.6 Å². The Morgan fingerprint density at radius 2 is 2.00 bits per heavy atom. The van der Waals surface area contributed by atoms with Gasteiger partial charge in [-0.3, -0.25) is 0 Å². The number of ether oxygens (including phenoxy) is 2. The van der Waals surface area contributed by atoms with E-state index < -0.39 is 0 Å². The first-order valence-electron chi connectivity index (χ1n) is 7.22. The summed E-state index contributed by atoms with van der Waals surface area (Å²) in [6.45, 7) is 3.81. The highest BCUT2D eigenvalue weighted by Gasteiger charge is 2.12. The number of amides is 2. The van der Waals surface area contributed by atoms with Crippen molar-refractivity contribution >= 4 is 11.7 Å². The molecule has 0 bridgehead atoms. The molecule has 2 rings (SSSR count). The van der Waals surface area contributed by atoms with E-state index in [1.807, 2.05) is 0 Å². The van der Waals surface area contributed by atoms with Crippen molar-refractivity contribution in [1.82, 2.24) is 10.2 Å². The third-order valence-electron chi connectivity index (χ3n) is 3.57. The highest BCUT2D eigenvalue weighted by Crippen LogP contribution is 2.28. The lowest BCUT2D eigenvalue weighted by Crippen LogP contribution is -2.36. The molecule has 0 unspecified atom stereocenters. The Labute approximate surface area is 125 Å². The van der Waals surface area contributed by atoms with Crippen LogP contribution in [-0.2, 0) is 0 Å². The van der Waals surface area contributed by atoms with E-state index in [2.05, 4.69) is 15.5 Å². The molecule has 6 heteroatoms. The lowest BCUT2D eigenvalue weighted by Gasteiger charge is -2.16. The van der Waals surface area contributed by atoms with Crippen molar-refractivity contribution < 1.29 is 14.3 Å². The van der Waals surface area contributed by atoms with Crippen LogP contribution in [0.3, 0.4) is 0 Å². The number of methoxy groups -OCH3 is 2. The summed E-state index contributed by atoms with van der Waals surface area (Å²) in [6.07, 6.45) is 2.52. The molecule has 1 aromatic carbocycles. The van der Waals surface area contributed by atoms with Crippen LogP contribution in [0, 0.1) is 0 Å². The smallest absolute Gasteiger partial charge is 0.319 e. The Bertz CT molecular complexity index is 473. The molecule has 2 amide bonds. The van der Waals surface area contributed by atoms with Crippen molar-refractivity contribution in [3.05, 3.63) is 18.2 Å². The van der Waals surface area contributed by atoms with Crippen molar-refractivity contribution in [1.29, 1.82) is 0 Å². The molecule has 1 aromatic rings. The van der Waals surface area contributed by atoms with Gasteiger partial charge >= 0.3 is 6.03 Å². The fraction of sp³-hybridized carbons (Fsp3) is 0.533. The Balaban J connectivity index is 1.81. The zero-order valence-electron chi connectivity index (χ0n) is 12.6. The van der Waals surface area contributed by atoms with Crippen LogP contribution in [0.2, 0.25) is 0 Å². The van der Waals surface area contributed by atoms with Crippen LogP contribution in [0.15, 0.2) is 18.2 Å². The molecular weight excluding hydrogens is 270 g/mol. The van der Waals surface area contributed by atoms with Crippen LogP contribution in [0.25, 0.3) is 0 Å². The molecule has 1 fully saturated rings. The second-order valence-corrected chi connectivity index (χ2v) is 5.00. The minimum Gasteiger partial charge on any atom is -0.497 e. The molecule has 0 radical (unpaired) electrons. The Morgan fingerprint density at radius 3 is 2.67 bits per heavy atom. The summed E-state index contributed by atoms with van der Waals surface area (Å²) < 4.78 is 10.4. The number of likely N-dealkylation sites (tertiary alicyclic amines) is 1. The van der Waals surface area contributed by atoms with Crippen molar-refractivity contribution in [3.63, 3.8) is 0 Å². The highest BCUT2D eigenvalue weighted by molar-refractivity contribution is 5.91. The van der Waals surface area contributed by atoms with Crippen molar-refractivity contribution in [2.24, 2.45) is 0 Å². The summed E-state index contributed by atoms with van der Waals surface area (Å²) in [5.41, 5.74) is 0.622. The molecule has 6 nitrogen and oxygen atoms in total. The second-order valence-electron chi connectivity index (χ2n) is 5.00. The average molecular weight is 293 g/mol. The van der Waals surface area contributed by atoms with Gasteiger partial charge in [0.15, 0.2) is 0 Å². The minimum absolute atomic E-state index is 0.224. The normalized spacial score (nSPS) is 14.8. The second kappa shape index (κ2) is 7.73. The van der Waals surface area contributed by atoms with E-state index in [4.69, 9.17) is 9.47 Å². The van der Waals surface area contributed by atoms with Crippen molar-refractivity contribution in [2.45, 2.75) is 12.8 Å².